The molecule has 1 unspecified atom stereocenters. The predicted molar refractivity (Wildman–Crippen MR) is 75.2 cm³/mol. The van der Waals surface area contributed by atoms with Gasteiger partial charge in [-0.05, 0) is 37.9 Å². The minimum Gasteiger partial charge on any atom is -0.493 e. The largest absolute Gasteiger partial charge is 0.493 e. The van der Waals surface area contributed by atoms with Crippen LogP contribution in [0.5, 0.6) is 5.75 Å². The van der Waals surface area contributed by atoms with E-state index in [1.165, 1.54) is 18.6 Å². The van der Waals surface area contributed by atoms with Gasteiger partial charge in [0.15, 0.2) is 0 Å². The summed E-state index contributed by atoms with van der Waals surface area (Å²) >= 11 is 0. The van der Waals surface area contributed by atoms with Crippen LogP contribution < -0.4 is 15.4 Å². The van der Waals surface area contributed by atoms with Crippen LogP contribution in [0.4, 0.5) is 4.39 Å². The van der Waals surface area contributed by atoms with Gasteiger partial charge in [0, 0.05) is 25.1 Å². The zero-order valence-electron chi connectivity index (χ0n) is 11.5. The number of halogens is 1. The Kier molecular flexibility index (Phi) is 5.80. The lowest BCUT2D eigenvalue weighted by Gasteiger charge is -2.11. The third-order valence-corrected chi connectivity index (χ3v) is 3.32. The highest BCUT2D eigenvalue weighted by atomic mass is 19.1. The molecular weight excluding hydrogens is 259 g/mol. The molecule has 110 valence electrons. The molecule has 1 aliphatic rings. The van der Waals surface area contributed by atoms with Gasteiger partial charge in [0.25, 0.3) is 0 Å². The molecule has 1 amide bonds. The maximum Gasteiger partial charge on any atom is 0.220 e. The molecule has 0 aromatic heterocycles. The summed E-state index contributed by atoms with van der Waals surface area (Å²) in [6, 6.07) is 6.44. The van der Waals surface area contributed by atoms with Crippen molar-refractivity contribution in [2.75, 3.05) is 19.7 Å². The molecule has 1 saturated heterocycles. The van der Waals surface area contributed by atoms with Crippen molar-refractivity contribution in [3.63, 3.8) is 0 Å². The summed E-state index contributed by atoms with van der Waals surface area (Å²) in [6.07, 6.45) is 3.37. The maximum absolute atomic E-state index is 12.9. The fraction of sp³-hybridized carbons (Fsp3) is 0.533. The quantitative estimate of drug-likeness (QED) is 0.750. The minimum atomic E-state index is -0.315. The van der Waals surface area contributed by atoms with E-state index in [4.69, 9.17) is 4.74 Å². The molecule has 2 N–H and O–H groups in total. The standard InChI is InChI=1S/C15H21FN2O2/c16-12-4-1-6-14(10-12)20-9-3-7-15(19)18-11-13-5-2-8-17-13/h1,4,6,10,13,17H,2-3,5,7-9,11H2,(H,18,19). The first-order chi connectivity index (χ1) is 9.74. The number of hydrogen-bond acceptors (Lipinski definition) is 3. The zero-order valence-corrected chi connectivity index (χ0v) is 11.5. The Morgan fingerprint density at radius 1 is 1.50 bits per heavy atom. The molecule has 0 bridgehead atoms. The number of rotatable bonds is 7. The zero-order chi connectivity index (χ0) is 14.2. The molecule has 1 fully saturated rings. The monoisotopic (exact) mass is 280 g/mol. The summed E-state index contributed by atoms with van der Waals surface area (Å²) in [5.74, 6) is 0.228. The van der Waals surface area contributed by atoms with Gasteiger partial charge in [-0.15, -0.1) is 0 Å². The number of ether oxygens (including phenoxy) is 1. The lowest BCUT2D eigenvalue weighted by atomic mass is 10.2. The van der Waals surface area contributed by atoms with Crippen molar-refractivity contribution in [2.45, 2.75) is 31.7 Å². The molecule has 0 aliphatic carbocycles. The van der Waals surface area contributed by atoms with Gasteiger partial charge in [-0.2, -0.15) is 0 Å². The Labute approximate surface area is 118 Å². The van der Waals surface area contributed by atoms with E-state index in [0.717, 1.165) is 13.0 Å². The Morgan fingerprint density at radius 3 is 3.15 bits per heavy atom. The number of hydrogen-bond donors (Lipinski definition) is 2. The van der Waals surface area contributed by atoms with E-state index in [-0.39, 0.29) is 11.7 Å². The number of nitrogens with one attached hydrogen (secondary N) is 2. The number of benzene rings is 1. The first-order valence-corrected chi connectivity index (χ1v) is 7.12. The van der Waals surface area contributed by atoms with Crippen LogP contribution in [0.3, 0.4) is 0 Å². The van der Waals surface area contributed by atoms with E-state index in [1.807, 2.05) is 0 Å². The molecule has 1 heterocycles. The van der Waals surface area contributed by atoms with Crippen molar-refractivity contribution in [1.82, 2.24) is 10.6 Å². The van der Waals surface area contributed by atoms with Crippen molar-refractivity contribution in [2.24, 2.45) is 0 Å². The van der Waals surface area contributed by atoms with Crippen molar-refractivity contribution in [3.05, 3.63) is 30.1 Å². The fourth-order valence-corrected chi connectivity index (χ4v) is 2.24. The second-order valence-corrected chi connectivity index (χ2v) is 5.01. The molecule has 1 aromatic rings. The molecule has 2 rings (SSSR count). The van der Waals surface area contributed by atoms with Gasteiger partial charge in [-0.25, -0.2) is 4.39 Å². The summed E-state index contributed by atoms with van der Waals surface area (Å²) in [6.45, 7) is 2.16. The Bertz CT molecular complexity index is 434. The van der Waals surface area contributed by atoms with Gasteiger partial charge >= 0.3 is 0 Å². The van der Waals surface area contributed by atoms with E-state index < -0.39 is 0 Å². The highest BCUT2D eigenvalue weighted by Gasteiger charge is 2.14. The van der Waals surface area contributed by atoms with Crippen LogP contribution in [0.1, 0.15) is 25.7 Å². The van der Waals surface area contributed by atoms with Crippen LogP contribution in [-0.4, -0.2) is 31.6 Å². The van der Waals surface area contributed by atoms with Gasteiger partial charge in [0.1, 0.15) is 11.6 Å². The highest BCUT2D eigenvalue weighted by Crippen LogP contribution is 2.12. The second kappa shape index (κ2) is 7.85. The third-order valence-electron chi connectivity index (χ3n) is 3.32. The molecule has 4 nitrogen and oxygen atoms in total. The first kappa shape index (κ1) is 14.8. The molecule has 0 radical (unpaired) electrons. The van der Waals surface area contributed by atoms with Crippen LogP contribution in [0.15, 0.2) is 24.3 Å². The summed E-state index contributed by atoms with van der Waals surface area (Å²) in [4.78, 5) is 11.6. The Hall–Kier alpha value is -1.62. The average Bonchev–Trinajstić information content (AvgIpc) is 2.95. The second-order valence-electron chi connectivity index (χ2n) is 5.01. The van der Waals surface area contributed by atoms with Crippen molar-refractivity contribution in [1.29, 1.82) is 0 Å². The predicted octanol–water partition coefficient (Wildman–Crippen LogP) is 1.85. The molecule has 1 aromatic carbocycles. The SMILES string of the molecule is O=C(CCCOc1cccc(F)c1)NCC1CCCN1. The molecule has 5 heteroatoms. The maximum atomic E-state index is 12.9. The lowest BCUT2D eigenvalue weighted by Crippen LogP contribution is -2.37. The highest BCUT2D eigenvalue weighted by molar-refractivity contribution is 5.75. The molecular formula is C15H21FN2O2. The topological polar surface area (TPSA) is 50.4 Å². The van der Waals surface area contributed by atoms with Crippen LogP contribution >= 0.6 is 0 Å². The number of amides is 1. The first-order valence-electron chi connectivity index (χ1n) is 7.12. The van der Waals surface area contributed by atoms with Crippen molar-refractivity contribution in [3.8, 4) is 5.75 Å². The Balaban J connectivity index is 1.55. The molecule has 0 saturated carbocycles. The van der Waals surface area contributed by atoms with Gasteiger partial charge in [0.2, 0.25) is 5.91 Å². The van der Waals surface area contributed by atoms with Crippen molar-refractivity contribution >= 4 is 5.91 Å². The van der Waals surface area contributed by atoms with Crippen LogP contribution in [0, 0.1) is 5.82 Å². The minimum absolute atomic E-state index is 0.0431. The fourth-order valence-electron chi connectivity index (χ4n) is 2.24. The summed E-state index contributed by atoms with van der Waals surface area (Å²) in [7, 11) is 0. The van der Waals surface area contributed by atoms with Crippen molar-refractivity contribution < 1.29 is 13.9 Å². The van der Waals surface area contributed by atoms with E-state index >= 15 is 0 Å². The number of carbonyl (C=O) groups excluding carboxylic acids is 1. The van der Waals surface area contributed by atoms with Crippen LogP contribution in [0.25, 0.3) is 0 Å². The molecule has 20 heavy (non-hydrogen) atoms. The third kappa shape index (κ3) is 5.17. The van der Waals surface area contributed by atoms with Crippen LogP contribution in [0.2, 0.25) is 0 Å². The van der Waals surface area contributed by atoms with Gasteiger partial charge in [-0.1, -0.05) is 6.07 Å². The summed E-state index contributed by atoms with van der Waals surface area (Å²) in [5, 5.41) is 6.25. The van der Waals surface area contributed by atoms with E-state index in [0.29, 0.717) is 37.8 Å². The normalized spacial score (nSPS) is 17.9. The van der Waals surface area contributed by atoms with E-state index in [1.54, 1.807) is 12.1 Å². The molecule has 0 spiro atoms. The lowest BCUT2D eigenvalue weighted by molar-refractivity contribution is -0.121. The molecule has 1 aliphatic heterocycles. The number of carbonyl (C=O) groups is 1. The smallest absolute Gasteiger partial charge is 0.220 e. The van der Waals surface area contributed by atoms with Crippen LogP contribution in [-0.2, 0) is 4.79 Å². The Morgan fingerprint density at radius 2 is 2.40 bits per heavy atom. The average molecular weight is 280 g/mol. The van der Waals surface area contributed by atoms with E-state index in [9.17, 15) is 9.18 Å². The van der Waals surface area contributed by atoms with Gasteiger partial charge < -0.3 is 15.4 Å². The van der Waals surface area contributed by atoms with Gasteiger partial charge in [0.05, 0.1) is 6.61 Å². The van der Waals surface area contributed by atoms with Gasteiger partial charge in [-0.3, -0.25) is 4.79 Å². The van der Waals surface area contributed by atoms with E-state index in [2.05, 4.69) is 10.6 Å². The summed E-state index contributed by atoms with van der Waals surface area (Å²) in [5.41, 5.74) is 0. The molecule has 1 atom stereocenters. The summed E-state index contributed by atoms with van der Waals surface area (Å²) < 4.78 is 18.3.